The van der Waals surface area contributed by atoms with Crippen LogP contribution >= 0.6 is 0 Å². The minimum Gasteiger partial charge on any atom is -0.545 e. The number of rotatable bonds is 3. The van der Waals surface area contributed by atoms with Gasteiger partial charge in [0.05, 0.1) is 11.9 Å². The maximum atomic E-state index is 9.41. The molecule has 0 atom stereocenters. The minimum atomic E-state index is -1.55. The molecule has 1 aromatic carbocycles. The number of aliphatic carboxylic acids is 2. The van der Waals surface area contributed by atoms with Crippen molar-refractivity contribution in [2.45, 2.75) is 0 Å². The van der Waals surface area contributed by atoms with Crippen LogP contribution in [0.2, 0.25) is 0 Å². The topological polar surface area (TPSA) is 80.3 Å². The Morgan fingerprint density at radius 2 is 1.33 bits per heavy atom. The van der Waals surface area contributed by atoms with Crippen molar-refractivity contribution < 1.29 is 78.9 Å². The molecule has 0 bridgehead atoms. The number of hydrogen-bond donors (Lipinski definition) is 0. The number of carbonyl (C=O) groups excluding carboxylic acids is 2. The summed E-state index contributed by atoms with van der Waals surface area (Å²) in [5.41, 5.74) is 1.17. The summed E-state index contributed by atoms with van der Waals surface area (Å²) < 4.78 is 0. The van der Waals surface area contributed by atoms with Gasteiger partial charge < -0.3 is 19.8 Å². The predicted octanol–water partition coefficient (Wildman–Crippen LogP) is -6.62. The Morgan fingerprint density at radius 3 is 1.56 bits per heavy atom. The third-order valence-electron chi connectivity index (χ3n) is 1.39. The van der Waals surface area contributed by atoms with Crippen molar-refractivity contribution in [2.75, 3.05) is 0 Å². The molecule has 0 fully saturated rings. The molecule has 1 aromatic rings. The van der Waals surface area contributed by atoms with Crippen LogP contribution in [0, 0.1) is 0 Å². The summed E-state index contributed by atoms with van der Waals surface area (Å²) in [5.74, 6) is -3.09. The van der Waals surface area contributed by atoms with E-state index in [1.807, 2.05) is 36.4 Å². The van der Waals surface area contributed by atoms with Gasteiger partial charge in [-0.1, -0.05) is 43.0 Å². The van der Waals surface area contributed by atoms with Crippen molar-refractivity contribution in [3.05, 3.63) is 54.6 Å². The van der Waals surface area contributed by atoms with E-state index in [0.717, 1.165) is 0 Å². The van der Waals surface area contributed by atoms with Gasteiger partial charge in [-0.25, -0.2) is 0 Å². The van der Waals surface area contributed by atoms with Crippen LogP contribution in [0.3, 0.4) is 0 Å². The van der Waals surface area contributed by atoms with E-state index >= 15 is 0 Å². The molecule has 1 rings (SSSR count). The maximum absolute atomic E-state index is 9.41. The smallest absolute Gasteiger partial charge is 0.545 e. The van der Waals surface area contributed by atoms with E-state index in [2.05, 4.69) is 6.58 Å². The molecule has 0 radical (unpaired) electrons. The fourth-order valence-electron chi connectivity index (χ4n) is 0.725. The summed E-state index contributed by atoms with van der Waals surface area (Å²) in [6, 6.07) is 10.0. The Bertz CT molecular complexity index is 372. The van der Waals surface area contributed by atoms with E-state index in [0.29, 0.717) is 12.2 Å². The first-order chi connectivity index (χ1) is 7.56. The Labute approximate surface area is 150 Å². The van der Waals surface area contributed by atoms with Crippen LogP contribution < -0.4 is 69.3 Å². The third kappa shape index (κ3) is 15.6. The third-order valence-corrected chi connectivity index (χ3v) is 1.39. The summed E-state index contributed by atoms with van der Waals surface area (Å²) in [7, 11) is 0. The van der Waals surface area contributed by atoms with Crippen molar-refractivity contribution in [1.82, 2.24) is 0 Å². The number of hydrogen-bond acceptors (Lipinski definition) is 4. The molecule has 0 spiro atoms. The van der Waals surface area contributed by atoms with Gasteiger partial charge in [-0.05, 0) is 17.7 Å². The molecule has 84 valence electrons. The molecule has 0 aliphatic heterocycles. The Kier molecular flexibility index (Phi) is 18.6. The first-order valence-electron chi connectivity index (χ1n) is 4.33. The van der Waals surface area contributed by atoms with Gasteiger partial charge in [-0.2, -0.15) is 0 Å². The molecule has 4 nitrogen and oxygen atoms in total. The van der Waals surface area contributed by atoms with Crippen LogP contribution in [0.4, 0.5) is 0 Å². The molecule has 0 amide bonds. The van der Waals surface area contributed by atoms with Crippen molar-refractivity contribution in [3.8, 4) is 0 Å². The summed E-state index contributed by atoms with van der Waals surface area (Å²) >= 11 is 0. The molecule has 0 aliphatic rings. The van der Waals surface area contributed by atoms with Gasteiger partial charge in [0.15, 0.2) is 0 Å². The second-order valence-corrected chi connectivity index (χ2v) is 2.59. The molecular weight excluding hydrogens is 254 g/mol. The second kappa shape index (κ2) is 14.7. The van der Waals surface area contributed by atoms with Gasteiger partial charge in [0.25, 0.3) is 0 Å². The average molecular weight is 264 g/mol. The van der Waals surface area contributed by atoms with Crippen molar-refractivity contribution in [1.29, 1.82) is 0 Å². The van der Waals surface area contributed by atoms with Gasteiger partial charge in [0, 0.05) is 0 Å². The van der Waals surface area contributed by atoms with E-state index in [1.165, 1.54) is 5.56 Å². The fourth-order valence-corrected chi connectivity index (χ4v) is 0.725. The Hall–Kier alpha value is -0.360. The largest absolute Gasteiger partial charge is 1.00 e. The van der Waals surface area contributed by atoms with Crippen LogP contribution in [-0.2, 0) is 9.59 Å². The zero-order valence-corrected chi connectivity index (χ0v) is 14.5. The standard InChI is InChI=1S/C8H8.C4H4O4.2Na/c1-2-8-6-4-3-5-7-8;5-3(6)1-2-4(7)8;;/h2-7H,1H2;1-2H,(H,5,6)(H,7,8);;/q;;2*+1/p-2/b;2-1+;;. The van der Waals surface area contributed by atoms with E-state index in [1.54, 1.807) is 0 Å². The van der Waals surface area contributed by atoms with E-state index in [-0.39, 0.29) is 59.1 Å². The van der Waals surface area contributed by atoms with Gasteiger partial charge in [-0.3, -0.25) is 0 Å². The number of carboxylic acid groups (broad SMARTS) is 2. The van der Waals surface area contributed by atoms with Crippen LogP contribution in [-0.4, -0.2) is 11.9 Å². The normalized spacial score (nSPS) is 8.00. The predicted molar refractivity (Wildman–Crippen MR) is 55.7 cm³/mol. The average Bonchev–Trinajstić information content (AvgIpc) is 2.28. The molecule has 0 aliphatic carbocycles. The summed E-state index contributed by atoms with van der Waals surface area (Å²) in [6.45, 7) is 3.63. The van der Waals surface area contributed by atoms with Crippen molar-refractivity contribution in [3.63, 3.8) is 0 Å². The molecule has 6 heteroatoms. The molecule has 0 heterocycles. The number of benzene rings is 1. The van der Waals surface area contributed by atoms with E-state index in [4.69, 9.17) is 0 Å². The Balaban J connectivity index is -0.000000225. The first kappa shape index (κ1) is 22.8. The zero-order valence-electron chi connectivity index (χ0n) is 10.5. The van der Waals surface area contributed by atoms with Crippen LogP contribution in [0.1, 0.15) is 5.56 Å². The summed E-state index contributed by atoms with van der Waals surface area (Å²) in [6.07, 6.45) is 2.60. The van der Waals surface area contributed by atoms with Crippen LogP contribution in [0.25, 0.3) is 6.08 Å². The van der Waals surface area contributed by atoms with E-state index in [9.17, 15) is 19.8 Å². The number of carboxylic acids is 2. The van der Waals surface area contributed by atoms with Crippen molar-refractivity contribution >= 4 is 18.0 Å². The summed E-state index contributed by atoms with van der Waals surface area (Å²) in [5, 5.41) is 18.8. The van der Waals surface area contributed by atoms with Gasteiger partial charge in [-0.15, -0.1) is 0 Å². The molecule has 0 aromatic heterocycles. The van der Waals surface area contributed by atoms with Gasteiger partial charge >= 0.3 is 59.1 Å². The first-order valence-corrected chi connectivity index (χ1v) is 4.33. The fraction of sp³-hybridized carbons (Fsp3) is 0. The van der Waals surface area contributed by atoms with E-state index < -0.39 is 11.9 Å². The molecule has 0 saturated carbocycles. The molecule has 0 saturated heterocycles. The second-order valence-electron chi connectivity index (χ2n) is 2.59. The zero-order chi connectivity index (χ0) is 12.4. The Morgan fingerprint density at radius 1 is 0.944 bits per heavy atom. The molecular formula is C12H10Na2O4. The number of carbonyl (C=O) groups is 2. The SMILES string of the molecule is C=Cc1ccccc1.O=C([O-])/C=C/C(=O)[O-].[Na+].[Na+]. The van der Waals surface area contributed by atoms with Gasteiger partial charge in [0.1, 0.15) is 0 Å². The monoisotopic (exact) mass is 264 g/mol. The minimum absolute atomic E-state index is 0. The molecule has 0 N–H and O–H groups in total. The quantitative estimate of drug-likeness (QED) is 0.401. The van der Waals surface area contributed by atoms with Crippen LogP contribution in [0.5, 0.6) is 0 Å². The van der Waals surface area contributed by atoms with Gasteiger partial charge in [0.2, 0.25) is 0 Å². The van der Waals surface area contributed by atoms with Crippen LogP contribution in [0.15, 0.2) is 49.1 Å². The van der Waals surface area contributed by atoms with Crippen molar-refractivity contribution in [2.24, 2.45) is 0 Å². The molecule has 0 unspecified atom stereocenters. The maximum Gasteiger partial charge on any atom is 1.00 e. The molecule has 18 heavy (non-hydrogen) atoms. The summed E-state index contributed by atoms with van der Waals surface area (Å²) in [4.78, 5) is 18.8.